The van der Waals surface area contributed by atoms with Crippen LogP contribution in [0.4, 0.5) is 5.82 Å². The second-order valence-electron chi connectivity index (χ2n) is 2.87. The minimum absolute atomic E-state index is 0.185. The van der Waals surface area contributed by atoms with Crippen LogP contribution in [0.1, 0.15) is 12.1 Å². The number of carbonyl (C=O) groups excluding carboxylic acids is 1. The van der Waals surface area contributed by atoms with Gasteiger partial charge in [0.1, 0.15) is 0 Å². The fourth-order valence-electron chi connectivity index (χ4n) is 0.984. The Labute approximate surface area is 93.1 Å². The monoisotopic (exact) mass is 223 g/mol. The first-order chi connectivity index (χ1) is 7.67. The van der Waals surface area contributed by atoms with Gasteiger partial charge < -0.3 is 15.2 Å². The molecule has 0 fully saturated rings. The lowest BCUT2D eigenvalue weighted by molar-refractivity contribution is -0.139. The average molecular weight is 223 g/mol. The van der Waals surface area contributed by atoms with Crippen molar-refractivity contribution in [3.63, 3.8) is 0 Å². The molecular weight excluding hydrogens is 210 g/mol. The number of ether oxygens (including phenoxy) is 2. The molecule has 0 bridgehead atoms. The first-order valence-corrected chi connectivity index (χ1v) is 4.57. The largest absolute Gasteiger partial charge is 0.478 e. The molecule has 0 aliphatic rings. The second-order valence-corrected chi connectivity index (χ2v) is 2.87. The molecule has 0 atom stereocenters. The minimum Gasteiger partial charge on any atom is -0.478 e. The summed E-state index contributed by atoms with van der Waals surface area (Å²) < 4.78 is 9.39. The molecule has 1 rings (SSSR count). The molecule has 0 saturated heterocycles. The van der Waals surface area contributed by atoms with E-state index in [1.54, 1.807) is 12.2 Å². The summed E-state index contributed by atoms with van der Waals surface area (Å²) in [5.41, 5.74) is 6.07. The van der Waals surface area contributed by atoms with Gasteiger partial charge in [-0.15, -0.1) is 0 Å². The zero-order valence-corrected chi connectivity index (χ0v) is 9.14. The van der Waals surface area contributed by atoms with Gasteiger partial charge in [-0.2, -0.15) is 0 Å². The lowest BCUT2D eigenvalue weighted by Gasteiger charge is -2.02. The van der Waals surface area contributed by atoms with E-state index < -0.39 is 0 Å². The zero-order chi connectivity index (χ0) is 12.0. The predicted molar refractivity (Wildman–Crippen MR) is 58.7 cm³/mol. The maximum absolute atomic E-state index is 10.8. The zero-order valence-electron chi connectivity index (χ0n) is 9.14. The molecular formula is C10H13N3O3. The Kier molecular flexibility index (Phi) is 4.26. The molecule has 0 saturated carbocycles. The fraction of sp³-hybridized carbons (Fsp3) is 0.300. The molecule has 16 heavy (non-hydrogen) atoms. The molecule has 0 aromatic carbocycles. The molecule has 0 aliphatic heterocycles. The summed E-state index contributed by atoms with van der Waals surface area (Å²) in [6.07, 6.45) is 4.95. The van der Waals surface area contributed by atoms with Gasteiger partial charge in [-0.05, 0) is 6.08 Å². The number of carbonyl (C=O) groups is 1. The van der Waals surface area contributed by atoms with Crippen molar-refractivity contribution in [2.45, 2.75) is 6.42 Å². The van der Waals surface area contributed by atoms with Crippen LogP contribution in [0.3, 0.4) is 0 Å². The van der Waals surface area contributed by atoms with Crippen molar-refractivity contribution < 1.29 is 14.3 Å². The van der Waals surface area contributed by atoms with Crippen LogP contribution in [0, 0.1) is 0 Å². The van der Waals surface area contributed by atoms with E-state index >= 15 is 0 Å². The first kappa shape index (κ1) is 12.0. The van der Waals surface area contributed by atoms with E-state index in [0.29, 0.717) is 5.69 Å². The Balaban J connectivity index is 2.70. The number of nitrogen functional groups attached to an aromatic ring is 1. The molecule has 6 heteroatoms. The maximum Gasteiger partial charge on any atom is 0.309 e. The second kappa shape index (κ2) is 5.69. The van der Waals surface area contributed by atoms with Gasteiger partial charge in [-0.1, -0.05) is 6.08 Å². The lowest BCUT2D eigenvalue weighted by atomic mass is 10.3. The number of anilines is 1. The molecule has 0 amide bonds. The van der Waals surface area contributed by atoms with Crippen molar-refractivity contribution in [2.75, 3.05) is 20.0 Å². The summed E-state index contributed by atoms with van der Waals surface area (Å²) in [5, 5.41) is 0. The lowest BCUT2D eigenvalue weighted by Crippen LogP contribution is -1.99. The van der Waals surface area contributed by atoms with Gasteiger partial charge in [0, 0.05) is 0 Å². The van der Waals surface area contributed by atoms with E-state index in [9.17, 15) is 4.79 Å². The number of nitrogens with two attached hydrogens (primary N) is 1. The Morgan fingerprint density at radius 3 is 2.94 bits per heavy atom. The fourth-order valence-corrected chi connectivity index (χ4v) is 0.984. The summed E-state index contributed by atoms with van der Waals surface area (Å²) in [7, 11) is 2.80. The predicted octanol–water partition coefficient (Wildman–Crippen LogP) is 0.644. The molecule has 0 radical (unpaired) electrons. The molecule has 1 heterocycles. The van der Waals surface area contributed by atoms with Crippen molar-refractivity contribution in [1.82, 2.24) is 9.97 Å². The van der Waals surface area contributed by atoms with Gasteiger partial charge in [-0.3, -0.25) is 4.79 Å². The summed E-state index contributed by atoms with van der Waals surface area (Å²) in [6.45, 7) is 0. The van der Waals surface area contributed by atoms with Crippen molar-refractivity contribution in [1.29, 1.82) is 0 Å². The van der Waals surface area contributed by atoms with Crippen molar-refractivity contribution in [3.8, 4) is 5.88 Å². The summed E-state index contributed by atoms with van der Waals surface area (Å²) in [4.78, 5) is 18.8. The molecule has 6 nitrogen and oxygen atoms in total. The van der Waals surface area contributed by atoms with Crippen LogP contribution >= 0.6 is 0 Å². The highest BCUT2D eigenvalue weighted by Gasteiger charge is 2.02. The van der Waals surface area contributed by atoms with Crippen LogP contribution in [0.5, 0.6) is 5.88 Å². The number of rotatable bonds is 4. The quantitative estimate of drug-likeness (QED) is 0.754. The highest BCUT2D eigenvalue weighted by atomic mass is 16.5. The minimum atomic E-state index is -0.313. The normalized spacial score (nSPS) is 10.4. The number of esters is 1. The first-order valence-electron chi connectivity index (χ1n) is 4.57. The van der Waals surface area contributed by atoms with Gasteiger partial charge >= 0.3 is 5.97 Å². The summed E-state index contributed by atoms with van der Waals surface area (Å²) in [6, 6.07) is 0. The SMILES string of the molecule is COC(=O)CC=Cc1cnc(N)c(OC)n1. The van der Waals surface area contributed by atoms with Crippen molar-refractivity contribution in [2.24, 2.45) is 0 Å². The third kappa shape index (κ3) is 3.23. The van der Waals surface area contributed by atoms with Crippen LogP contribution in [-0.2, 0) is 9.53 Å². The van der Waals surface area contributed by atoms with Crippen LogP contribution in [-0.4, -0.2) is 30.2 Å². The number of aromatic nitrogens is 2. The molecule has 0 unspecified atom stereocenters. The van der Waals surface area contributed by atoms with Crippen LogP contribution in [0.15, 0.2) is 12.3 Å². The van der Waals surface area contributed by atoms with Gasteiger partial charge in [0.25, 0.3) is 5.88 Å². The standard InChI is InChI=1S/C10H13N3O3/c1-15-8(14)5-3-4-7-6-12-9(11)10(13-7)16-2/h3-4,6H,5H2,1-2H3,(H2,11,12). The van der Waals surface area contributed by atoms with Crippen molar-refractivity contribution in [3.05, 3.63) is 18.0 Å². The summed E-state index contributed by atoms with van der Waals surface area (Å²) in [5.74, 6) is 0.180. The topological polar surface area (TPSA) is 87.3 Å². The number of nitrogens with zero attached hydrogens (tertiary/aromatic N) is 2. The maximum atomic E-state index is 10.8. The van der Waals surface area contributed by atoms with E-state index in [4.69, 9.17) is 10.5 Å². The van der Waals surface area contributed by atoms with E-state index in [2.05, 4.69) is 14.7 Å². The molecule has 0 aliphatic carbocycles. The van der Waals surface area contributed by atoms with Crippen LogP contribution in [0.25, 0.3) is 6.08 Å². The van der Waals surface area contributed by atoms with E-state index in [0.717, 1.165) is 0 Å². The molecule has 1 aromatic heterocycles. The Morgan fingerprint density at radius 1 is 1.56 bits per heavy atom. The van der Waals surface area contributed by atoms with E-state index in [1.165, 1.54) is 20.4 Å². The molecule has 1 aromatic rings. The van der Waals surface area contributed by atoms with Gasteiger partial charge in [-0.25, -0.2) is 9.97 Å². The average Bonchev–Trinajstić information content (AvgIpc) is 2.31. The number of hydrogen-bond acceptors (Lipinski definition) is 6. The Hall–Kier alpha value is -2.11. The summed E-state index contributed by atoms with van der Waals surface area (Å²) >= 11 is 0. The van der Waals surface area contributed by atoms with Crippen LogP contribution in [0.2, 0.25) is 0 Å². The van der Waals surface area contributed by atoms with E-state index in [-0.39, 0.29) is 24.1 Å². The Bertz CT molecular complexity index is 404. The third-order valence-electron chi connectivity index (χ3n) is 1.78. The molecule has 2 N–H and O–H groups in total. The highest BCUT2D eigenvalue weighted by Crippen LogP contribution is 2.14. The van der Waals surface area contributed by atoms with Gasteiger partial charge in [0.2, 0.25) is 0 Å². The highest BCUT2D eigenvalue weighted by molar-refractivity contribution is 5.72. The molecule has 86 valence electrons. The smallest absolute Gasteiger partial charge is 0.309 e. The van der Waals surface area contributed by atoms with Crippen molar-refractivity contribution >= 4 is 17.9 Å². The van der Waals surface area contributed by atoms with E-state index in [1.807, 2.05) is 0 Å². The molecule has 0 spiro atoms. The van der Waals surface area contributed by atoms with Crippen LogP contribution < -0.4 is 10.5 Å². The van der Waals surface area contributed by atoms with Gasteiger partial charge in [0.05, 0.1) is 32.5 Å². The Morgan fingerprint density at radius 2 is 2.31 bits per heavy atom. The third-order valence-corrected chi connectivity index (χ3v) is 1.78. The number of methoxy groups -OCH3 is 2. The number of hydrogen-bond donors (Lipinski definition) is 1. The van der Waals surface area contributed by atoms with Gasteiger partial charge in [0.15, 0.2) is 5.82 Å².